The topological polar surface area (TPSA) is 130 Å². The molecule has 0 radical (unpaired) electrons. The molecule has 8 nitrogen and oxygen atoms in total. The number of halogens is 1. The molecule has 186 valence electrons. The largest absolute Gasteiger partial charge is 0.481 e. The number of thiazole rings is 1. The van der Waals surface area contributed by atoms with Gasteiger partial charge in [0.2, 0.25) is 0 Å². The van der Waals surface area contributed by atoms with E-state index in [1.54, 1.807) is 59.5 Å². The number of nitrogens with zero attached hydrogens (tertiary/aromatic N) is 2. The number of ether oxygens (including phenoxy) is 1. The molecule has 0 bridgehead atoms. The van der Waals surface area contributed by atoms with Gasteiger partial charge in [0.05, 0.1) is 22.4 Å². The van der Waals surface area contributed by atoms with Gasteiger partial charge in [0.1, 0.15) is 16.6 Å². The van der Waals surface area contributed by atoms with Crippen LogP contribution >= 0.6 is 35.5 Å². The molecule has 4 rings (SSSR count). The number of thioether (sulfide) groups is 1. The van der Waals surface area contributed by atoms with Crippen LogP contribution in [0.1, 0.15) is 17.0 Å². The number of nitrogens with one attached hydrogen (secondary N) is 1. The molecule has 0 spiro atoms. The van der Waals surface area contributed by atoms with Crippen molar-refractivity contribution in [2.24, 2.45) is 5.73 Å². The average Bonchev–Trinajstić information content (AvgIpc) is 3.26. The first-order valence-electron chi connectivity index (χ1n) is 10.6. The van der Waals surface area contributed by atoms with E-state index in [-0.39, 0.29) is 31.2 Å². The molecule has 4 aromatic rings. The second kappa shape index (κ2) is 12.4. The molecule has 4 N–H and O–H groups in total. The first-order valence-corrected chi connectivity index (χ1v) is 12.4. The molecular formula is C25H23ClN4O4S2. The molecule has 0 saturated heterocycles. The van der Waals surface area contributed by atoms with Crippen LogP contribution < -0.4 is 15.4 Å². The predicted molar refractivity (Wildman–Crippen MR) is 146 cm³/mol. The highest BCUT2D eigenvalue weighted by atomic mass is 35.5. The number of carboxylic acid groups (broad SMARTS) is 1. The monoisotopic (exact) mass is 542 g/mol. The normalized spacial score (nSPS) is 10.4. The van der Waals surface area contributed by atoms with E-state index in [4.69, 9.17) is 21.0 Å². The minimum absolute atomic E-state index is 0. The van der Waals surface area contributed by atoms with Gasteiger partial charge in [0.15, 0.2) is 0 Å². The minimum Gasteiger partial charge on any atom is -0.481 e. The Bertz CT molecular complexity index is 1360. The Labute approximate surface area is 222 Å². The van der Waals surface area contributed by atoms with Gasteiger partial charge >= 0.3 is 12.1 Å². The number of rotatable bonds is 9. The summed E-state index contributed by atoms with van der Waals surface area (Å²) in [4.78, 5) is 30.9. The number of fused-ring (bicyclic) bond motifs is 1. The maximum absolute atomic E-state index is 12.9. The lowest BCUT2D eigenvalue weighted by molar-refractivity contribution is -0.136. The van der Waals surface area contributed by atoms with E-state index in [1.165, 1.54) is 4.90 Å². The summed E-state index contributed by atoms with van der Waals surface area (Å²) in [5, 5.41) is 17.5. The second-order valence-electron chi connectivity index (χ2n) is 7.46. The highest BCUT2D eigenvalue weighted by Gasteiger charge is 2.19. The summed E-state index contributed by atoms with van der Waals surface area (Å²) in [6.07, 6.45) is -0.856. The van der Waals surface area contributed by atoms with Gasteiger partial charge < -0.3 is 15.6 Å². The van der Waals surface area contributed by atoms with Crippen LogP contribution in [0.2, 0.25) is 0 Å². The Hall–Kier alpha value is -3.60. The summed E-state index contributed by atoms with van der Waals surface area (Å²) in [7, 11) is 0. The lowest BCUT2D eigenvalue weighted by Crippen LogP contribution is -2.35. The van der Waals surface area contributed by atoms with E-state index in [9.17, 15) is 9.59 Å². The third kappa shape index (κ3) is 6.97. The van der Waals surface area contributed by atoms with Crippen molar-refractivity contribution < 1.29 is 19.4 Å². The number of amidine groups is 1. The van der Waals surface area contributed by atoms with Gasteiger partial charge in [-0.25, -0.2) is 9.78 Å². The van der Waals surface area contributed by atoms with Crippen LogP contribution in [-0.2, 0) is 10.5 Å². The molecule has 1 amide bonds. The standard InChI is InChI=1S/C25H22N4O4S2.ClH/c26-24(27)16-6-9-19(10-7-16)34-15-22-28-20-14-18(8-11-21(20)35-22)33-25(32)29(13-12-23(30)31)17-4-2-1-3-5-17;/h1-11,14H,12-13,15H2,(H3,26,27)(H,30,31);1H. The van der Waals surface area contributed by atoms with Crippen molar-refractivity contribution in [2.45, 2.75) is 17.1 Å². The molecule has 0 aliphatic rings. The van der Waals surface area contributed by atoms with Crippen molar-refractivity contribution in [1.29, 1.82) is 5.41 Å². The summed E-state index contributed by atoms with van der Waals surface area (Å²) in [5.74, 6) is 0.0501. The van der Waals surface area contributed by atoms with Crippen LogP contribution in [0.25, 0.3) is 10.2 Å². The summed E-state index contributed by atoms with van der Waals surface area (Å²) in [5.41, 5.74) is 7.46. The average molecular weight is 543 g/mol. The van der Waals surface area contributed by atoms with Gasteiger partial charge in [-0.3, -0.25) is 15.1 Å². The fourth-order valence-electron chi connectivity index (χ4n) is 3.25. The number of aromatic nitrogens is 1. The van der Waals surface area contributed by atoms with Crippen molar-refractivity contribution in [2.75, 3.05) is 11.4 Å². The van der Waals surface area contributed by atoms with Crippen molar-refractivity contribution in [3.05, 3.63) is 83.4 Å². The molecule has 1 heterocycles. The zero-order valence-corrected chi connectivity index (χ0v) is 21.4. The van der Waals surface area contributed by atoms with E-state index >= 15 is 0 Å². The third-order valence-electron chi connectivity index (χ3n) is 4.97. The summed E-state index contributed by atoms with van der Waals surface area (Å²) in [6, 6.07) is 21.6. The number of nitrogens with two attached hydrogens (primary N) is 1. The van der Waals surface area contributed by atoms with Gasteiger partial charge in [0, 0.05) is 28.8 Å². The van der Waals surface area contributed by atoms with Gasteiger partial charge in [-0.2, -0.15) is 0 Å². The maximum atomic E-state index is 12.9. The SMILES string of the molecule is Cl.N=C(N)c1ccc(SCc2nc3cc(OC(=O)N(CCC(=O)O)c4ccccc4)ccc3s2)cc1. The number of nitrogen functional groups attached to an aromatic ring is 1. The van der Waals surface area contributed by atoms with Crippen LogP contribution in [0, 0.1) is 5.41 Å². The zero-order valence-electron chi connectivity index (χ0n) is 18.9. The third-order valence-corrected chi connectivity index (χ3v) is 7.22. The maximum Gasteiger partial charge on any atom is 0.419 e. The molecule has 36 heavy (non-hydrogen) atoms. The number of amides is 1. The van der Waals surface area contributed by atoms with Crippen LogP contribution in [-0.4, -0.2) is 34.5 Å². The molecule has 0 saturated carbocycles. The number of hydrogen-bond acceptors (Lipinski definition) is 7. The zero-order chi connectivity index (χ0) is 24.8. The quantitative estimate of drug-likeness (QED) is 0.139. The van der Waals surface area contributed by atoms with Crippen molar-refractivity contribution in [1.82, 2.24) is 4.98 Å². The molecular weight excluding hydrogens is 520 g/mol. The fourth-order valence-corrected chi connectivity index (χ4v) is 5.09. The number of benzene rings is 3. The first kappa shape index (κ1) is 27.0. The number of carbonyl (C=O) groups is 2. The number of anilines is 1. The summed E-state index contributed by atoms with van der Waals surface area (Å²) >= 11 is 3.19. The van der Waals surface area contributed by atoms with Crippen molar-refractivity contribution in [3.8, 4) is 5.75 Å². The van der Waals surface area contributed by atoms with E-state index in [2.05, 4.69) is 4.98 Å². The lowest BCUT2D eigenvalue weighted by Gasteiger charge is -2.21. The molecule has 3 aromatic carbocycles. The van der Waals surface area contributed by atoms with Crippen LogP contribution in [0.3, 0.4) is 0 Å². The van der Waals surface area contributed by atoms with Crippen molar-refractivity contribution >= 4 is 69.3 Å². The summed E-state index contributed by atoms with van der Waals surface area (Å²) < 4.78 is 6.54. The van der Waals surface area contributed by atoms with Gasteiger partial charge in [-0.1, -0.05) is 30.3 Å². The lowest BCUT2D eigenvalue weighted by atomic mass is 10.2. The number of para-hydroxylation sites is 1. The van der Waals surface area contributed by atoms with Gasteiger partial charge in [-0.15, -0.1) is 35.5 Å². The first-order chi connectivity index (χ1) is 16.9. The molecule has 0 atom stereocenters. The molecule has 0 unspecified atom stereocenters. The molecule has 1 aromatic heterocycles. The molecule has 0 aliphatic carbocycles. The van der Waals surface area contributed by atoms with E-state index in [0.29, 0.717) is 22.8 Å². The molecule has 0 aliphatic heterocycles. The van der Waals surface area contributed by atoms with E-state index < -0.39 is 12.1 Å². The molecule has 11 heteroatoms. The van der Waals surface area contributed by atoms with Crippen LogP contribution in [0.15, 0.2) is 77.7 Å². The minimum atomic E-state index is -0.997. The van der Waals surface area contributed by atoms with Crippen LogP contribution in [0.4, 0.5) is 10.5 Å². The van der Waals surface area contributed by atoms with E-state index in [1.807, 2.05) is 36.4 Å². The Morgan fingerprint density at radius 3 is 2.47 bits per heavy atom. The Morgan fingerprint density at radius 2 is 1.81 bits per heavy atom. The smallest absolute Gasteiger partial charge is 0.419 e. The molecule has 0 fully saturated rings. The number of carboxylic acids is 1. The second-order valence-corrected chi connectivity index (χ2v) is 9.63. The summed E-state index contributed by atoms with van der Waals surface area (Å²) in [6.45, 7) is -0.00804. The number of carbonyl (C=O) groups excluding carboxylic acids is 1. The fraction of sp³-hybridized carbons (Fsp3) is 0.120. The Balaban J connectivity index is 0.00000361. The predicted octanol–water partition coefficient (Wildman–Crippen LogP) is 5.77. The van der Waals surface area contributed by atoms with Gasteiger partial charge in [0.25, 0.3) is 0 Å². The number of aliphatic carboxylic acids is 1. The highest BCUT2D eigenvalue weighted by Crippen LogP contribution is 2.31. The van der Waals surface area contributed by atoms with Gasteiger partial charge in [-0.05, 0) is 36.4 Å². The van der Waals surface area contributed by atoms with E-state index in [0.717, 1.165) is 20.1 Å². The van der Waals surface area contributed by atoms with Crippen LogP contribution in [0.5, 0.6) is 5.75 Å². The number of hydrogen-bond donors (Lipinski definition) is 3. The van der Waals surface area contributed by atoms with Crippen molar-refractivity contribution in [3.63, 3.8) is 0 Å². The highest BCUT2D eigenvalue weighted by molar-refractivity contribution is 7.98. The Kier molecular flexibility index (Phi) is 9.29. The Morgan fingerprint density at radius 1 is 1.08 bits per heavy atom.